The van der Waals surface area contributed by atoms with Crippen LogP contribution in [-0.4, -0.2) is 40.0 Å². The van der Waals surface area contributed by atoms with E-state index in [0.717, 1.165) is 31.4 Å². The van der Waals surface area contributed by atoms with Crippen LogP contribution in [0.1, 0.15) is 46.1 Å². The minimum atomic E-state index is -0.945. The number of amides is 1. The van der Waals surface area contributed by atoms with Gasteiger partial charge in [0, 0.05) is 25.4 Å². The molecule has 0 atom stereocenters. The van der Waals surface area contributed by atoms with E-state index < -0.39 is 5.97 Å². The number of para-hydroxylation sites is 1. The number of benzene rings is 2. The van der Waals surface area contributed by atoms with Gasteiger partial charge in [-0.2, -0.15) is 0 Å². The van der Waals surface area contributed by atoms with Gasteiger partial charge in [0.2, 0.25) is 5.91 Å². The van der Waals surface area contributed by atoms with Crippen LogP contribution in [0.25, 0.3) is 10.2 Å². The summed E-state index contributed by atoms with van der Waals surface area (Å²) in [6.45, 7) is 1.47. The Labute approximate surface area is 167 Å². The monoisotopic (exact) mass is 394 g/mol. The smallest absolute Gasteiger partial charge is 0.335 e. The fourth-order valence-corrected chi connectivity index (χ4v) is 4.92. The molecule has 0 saturated carbocycles. The highest BCUT2D eigenvalue weighted by Gasteiger charge is 2.26. The number of aromatic nitrogens is 1. The molecule has 0 spiro atoms. The summed E-state index contributed by atoms with van der Waals surface area (Å²) >= 11 is 1.76. The lowest BCUT2D eigenvalue weighted by molar-refractivity contribution is -0.132. The van der Waals surface area contributed by atoms with E-state index in [-0.39, 0.29) is 11.5 Å². The molecule has 0 aliphatic carbocycles. The molecule has 5 nitrogen and oxygen atoms in total. The van der Waals surface area contributed by atoms with Gasteiger partial charge in [-0.3, -0.25) is 4.79 Å². The topological polar surface area (TPSA) is 70.5 Å². The third-order valence-corrected chi connectivity index (χ3v) is 6.56. The van der Waals surface area contributed by atoms with Crippen LogP contribution >= 0.6 is 11.3 Å². The van der Waals surface area contributed by atoms with Crippen molar-refractivity contribution in [3.05, 3.63) is 64.7 Å². The number of carbonyl (C=O) groups is 2. The van der Waals surface area contributed by atoms with Crippen LogP contribution in [-0.2, 0) is 11.2 Å². The first-order chi connectivity index (χ1) is 13.6. The van der Waals surface area contributed by atoms with Crippen LogP contribution in [0.15, 0.2) is 48.5 Å². The van der Waals surface area contributed by atoms with E-state index in [1.165, 1.54) is 9.71 Å². The van der Waals surface area contributed by atoms with E-state index in [4.69, 9.17) is 4.98 Å². The maximum atomic E-state index is 12.6. The van der Waals surface area contributed by atoms with Crippen molar-refractivity contribution in [2.45, 2.75) is 31.6 Å². The van der Waals surface area contributed by atoms with Gasteiger partial charge in [-0.15, -0.1) is 11.3 Å². The number of carboxylic acids is 1. The summed E-state index contributed by atoms with van der Waals surface area (Å²) < 4.78 is 1.22. The van der Waals surface area contributed by atoms with Crippen LogP contribution < -0.4 is 0 Å². The quantitative estimate of drug-likeness (QED) is 0.699. The van der Waals surface area contributed by atoms with Crippen molar-refractivity contribution in [1.82, 2.24) is 9.88 Å². The van der Waals surface area contributed by atoms with Gasteiger partial charge in [0.05, 0.1) is 20.8 Å². The van der Waals surface area contributed by atoms with Gasteiger partial charge in [-0.25, -0.2) is 9.78 Å². The molecule has 2 aromatic carbocycles. The number of carbonyl (C=O) groups excluding carboxylic acids is 1. The second-order valence-electron chi connectivity index (χ2n) is 7.14. The first-order valence-corrected chi connectivity index (χ1v) is 10.4. The molecule has 2 heterocycles. The normalized spacial score (nSPS) is 15.1. The van der Waals surface area contributed by atoms with Crippen molar-refractivity contribution in [2.24, 2.45) is 0 Å². The highest BCUT2D eigenvalue weighted by molar-refractivity contribution is 7.18. The van der Waals surface area contributed by atoms with E-state index in [1.807, 2.05) is 29.2 Å². The maximum Gasteiger partial charge on any atom is 0.335 e. The molecule has 0 unspecified atom stereocenters. The lowest BCUT2D eigenvalue weighted by Crippen LogP contribution is -2.38. The molecule has 1 fully saturated rings. The van der Waals surface area contributed by atoms with Gasteiger partial charge >= 0.3 is 5.97 Å². The molecule has 144 valence electrons. The van der Waals surface area contributed by atoms with Gasteiger partial charge in [0.25, 0.3) is 0 Å². The molecule has 1 aliphatic heterocycles. The number of likely N-dealkylation sites (tertiary alicyclic amines) is 1. The maximum absolute atomic E-state index is 12.6. The molecule has 1 amide bonds. The molecule has 0 radical (unpaired) electrons. The molecular formula is C22H22N2O3S. The van der Waals surface area contributed by atoms with Crippen LogP contribution in [0.5, 0.6) is 0 Å². The number of rotatable bonds is 5. The third kappa shape index (κ3) is 3.92. The van der Waals surface area contributed by atoms with Crippen molar-refractivity contribution in [3.8, 4) is 0 Å². The number of fused-ring (bicyclic) bond motifs is 1. The number of thiazole rings is 1. The fourth-order valence-electron chi connectivity index (χ4n) is 3.79. The average molecular weight is 394 g/mol. The standard InChI is InChI=1S/C22H22N2O3S/c25-20(10-9-15-5-1-2-6-17(15)22(26)27)24-13-11-16(12-14-24)21-23-18-7-3-4-8-19(18)28-21/h1-8,16H,9-14H2,(H,26,27). The van der Waals surface area contributed by atoms with E-state index in [2.05, 4.69) is 6.07 Å². The molecule has 1 aromatic heterocycles. The lowest BCUT2D eigenvalue weighted by Gasteiger charge is -2.31. The number of hydrogen-bond acceptors (Lipinski definition) is 4. The van der Waals surface area contributed by atoms with E-state index in [1.54, 1.807) is 29.5 Å². The molecule has 1 aliphatic rings. The van der Waals surface area contributed by atoms with Crippen molar-refractivity contribution in [1.29, 1.82) is 0 Å². The Morgan fingerprint density at radius 1 is 1.07 bits per heavy atom. The van der Waals surface area contributed by atoms with Crippen molar-refractivity contribution in [2.75, 3.05) is 13.1 Å². The number of hydrogen-bond donors (Lipinski definition) is 1. The molecule has 28 heavy (non-hydrogen) atoms. The van der Waals surface area contributed by atoms with Gasteiger partial charge < -0.3 is 10.0 Å². The van der Waals surface area contributed by atoms with Gasteiger partial charge in [-0.1, -0.05) is 30.3 Å². The lowest BCUT2D eigenvalue weighted by atomic mass is 9.96. The Kier molecular flexibility index (Phi) is 5.39. The Hall–Kier alpha value is -2.73. The molecule has 1 saturated heterocycles. The molecule has 1 N–H and O–H groups in total. The minimum absolute atomic E-state index is 0.0999. The highest BCUT2D eigenvalue weighted by atomic mass is 32.1. The summed E-state index contributed by atoms with van der Waals surface area (Å²) in [5.74, 6) is -0.433. The molecule has 6 heteroatoms. The predicted octanol–water partition coefficient (Wildman–Crippen LogP) is 4.33. The Balaban J connectivity index is 1.33. The number of carboxylic acid groups (broad SMARTS) is 1. The van der Waals surface area contributed by atoms with Crippen molar-refractivity contribution in [3.63, 3.8) is 0 Å². The fraction of sp³-hybridized carbons (Fsp3) is 0.318. The number of piperidine rings is 1. The highest BCUT2D eigenvalue weighted by Crippen LogP contribution is 2.33. The summed E-state index contributed by atoms with van der Waals surface area (Å²) in [5, 5.41) is 10.4. The van der Waals surface area contributed by atoms with Crippen molar-refractivity contribution >= 4 is 33.4 Å². The SMILES string of the molecule is O=C(O)c1ccccc1CCC(=O)N1CCC(c2nc3ccccc3s2)CC1. The second-order valence-corrected chi connectivity index (χ2v) is 8.20. The van der Waals surface area contributed by atoms with Crippen LogP contribution in [0.3, 0.4) is 0 Å². The van der Waals surface area contributed by atoms with Gasteiger partial charge in [-0.05, 0) is 43.0 Å². The van der Waals surface area contributed by atoms with E-state index in [0.29, 0.717) is 24.3 Å². The molecular weight excluding hydrogens is 372 g/mol. The van der Waals surface area contributed by atoms with Crippen LogP contribution in [0, 0.1) is 0 Å². The zero-order valence-corrected chi connectivity index (χ0v) is 16.3. The molecule has 3 aromatic rings. The summed E-state index contributed by atoms with van der Waals surface area (Å²) in [6, 6.07) is 15.1. The molecule has 0 bridgehead atoms. The second kappa shape index (κ2) is 8.10. The van der Waals surface area contributed by atoms with Crippen LogP contribution in [0.2, 0.25) is 0 Å². The first-order valence-electron chi connectivity index (χ1n) is 9.56. The first kappa shape index (κ1) is 18.6. The largest absolute Gasteiger partial charge is 0.478 e. The molecule has 4 rings (SSSR count). The number of aryl methyl sites for hydroxylation is 1. The Morgan fingerprint density at radius 2 is 1.79 bits per heavy atom. The van der Waals surface area contributed by atoms with E-state index >= 15 is 0 Å². The third-order valence-electron chi connectivity index (χ3n) is 5.36. The zero-order valence-electron chi connectivity index (χ0n) is 15.5. The predicted molar refractivity (Wildman–Crippen MR) is 110 cm³/mol. The van der Waals surface area contributed by atoms with Gasteiger partial charge in [0.15, 0.2) is 0 Å². The van der Waals surface area contributed by atoms with Crippen LogP contribution in [0.4, 0.5) is 0 Å². The summed E-state index contributed by atoms with van der Waals surface area (Å²) in [4.78, 5) is 30.6. The Morgan fingerprint density at radius 3 is 2.54 bits per heavy atom. The Bertz CT molecular complexity index is 973. The van der Waals surface area contributed by atoms with E-state index in [9.17, 15) is 14.7 Å². The summed E-state index contributed by atoms with van der Waals surface area (Å²) in [6.07, 6.45) is 2.66. The number of aromatic carboxylic acids is 1. The van der Waals surface area contributed by atoms with Gasteiger partial charge in [0.1, 0.15) is 0 Å². The average Bonchev–Trinajstić information content (AvgIpc) is 3.16. The summed E-state index contributed by atoms with van der Waals surface area (Å²) in [7, 11) is 0. The summed E-state index contributed by atoms with van der Waals surface area (Å²) in [5.41, 5.74) is 2.05. The zero-order chi connectivity index (χ0) is 19.5. The minimum Gasteiger partial charge on any atom is -0.478 e. The number of nitrogens with zero attached hydrogens (tertiary/aromatic N) is 2. The van der Waals surface area contributed by atoms with Crippen molar-refractivity contribution < 1.29 is 14.7 Å².